The third-order valence-electron chi connectivity index (χ3n) is 2.86. The molecule has 0 saturated carbocycles. The Bertz CT molecular complexity index is 261. The summed E-state index contributed by atoms with van der Waals surface area (Å²) in [7, 11) is -3.29. The third kappa shape index (κ3) is 3.37. The molecule has 0 aromatic heterocycles. The number of nitrogens with two attached hydrogens (primary N) is 1. The van der Waals surface area contributed by atoms with Crippen LogP contribution in [0.3, 0.4) is 0 Å². The van der Waals surface area contributed by atoms with Gasteiger partial charge in [-0.15, -0.1) is 0 Å². The fraction of sp³-hybridized carbons (Fsp3) is 0.909. The zero-order valence-electron chi connectivity index (χ0n) is 11.4. The number of hydrogen-bond donors (Lipinski definition) is 2. The van der Waals surface area contributed by atoms with Gasteiger partial charge in [0.25, 0.3) is 0 Å². The van der Waals surface area contributed by atoms with E-state index in [1.54, 1.807) is 0 Å². The monoisotopic (exact) mass is 276 g/mol. The van der Waals surface area contributed by atoms with Gasteiger partial charge in [0.2, 0.25) is 5.41 Å². The molecule has 1 aliphatic rings. The van der Waals surface area contributed by atoms with Crippen molar-refractivity contribution in [3.8, 4) is 0 Å². The minimum atomic E-state index is -3.29. The molecule has 6 nitrogen and oxygen atoms in total. The van der Waals surface area contributed by atoms with E-state index in [-0.39, 0.29) is 11.4 Å². The summed E-state index contributed by atoms with van der Waals surface area (Å²) in [4.78, 5) is 12.6. The van der Waals surface area contributed by atoms with Gasteiger partial charge in [0.1, 0.15) is 0 Å². The van der Waals surface area contributed by atoms with Gasteiger partial charge in [-0.3, -0.25) is 4.79 Å². The molecule has 0 spiro atoms. The largest absolute Gasteiger partial charge is 0.576 e. The quantitative estimate of drug-likeness (QED) is 0.599. The molecule has 1 aliphatic heterocycles. The van der Waals surface area contributed by atoms with E-state index >= 15 is 0 Å². The topological polar surface area (TPSA) is 82.8 Å². The van der Waals surface area contributed by atoms with Crippen molar-refractivity contribution in [1.82, 2.24) is 5.32 Å². The number of nitrogens with one attached hydrogen (secondary N) is 1. The third-order valence-corrected chi connectivity index (χ3v) is 5.78. The lowest BCUT2D eigenvalue weighted by atomic mass is 10.2. The molecule has 1 fully saturated rings. The summed E-state index contributed by atoms with van der Waals surface area (Å²) in [5.74, 6) is 0. The minimum absolute atomic E-state index is 0.141. The van der Waals surface area contributed by atoms with E-state index in [1.165, 1.54) is 0 Å². The van der Waals surface area contributed by atoms with Crippen LogP contribution in [0.1, 0.15) is 27.2 Å². The van der Waals surface area contributed by atoms with Crippen LogP contribution in [0.15, 0.2) is 0 Å². The number of carbonyl (C=O) groups is 1. The summed E-state index contributed by atoms with van der Waals surface area (Å²) >= 11 is 0. The van der Waals surface area contributed by atoms with Crippen molar-refractivity contribution < 1.29 is 18.1 Å². The Morgan fingerprint density at radius 1 is 1.22 bits per heavy atom. The van der Waals surface area contributed by atoms with Crippen LogP contribution in [-0.2, 0) is 18.1 Å². The molecule has 106 valence electrons. The van der Waals surface area contributed by atoms with Gasteiger partial charge in [-0.25, -0.2) is 0 Å². The summed E-state index contributed by atoms with van der Waals surface area (Å²) in [5.41, 5.74) is 5.94. The van der Waals surface area contributed by atoms with Crippen molar-refractivity contribution in [2.24, 2.45) is 5.73 Å². The Hall–Kier alpha value is -0.313. The zero-order valence-corrected chi connectivity index (χ0v) is 12.4. The first-order valence-electron chi connectivity index (χ1n) is 6.56. The van der Waals surface area contributed by atoms with Crippen molar-refractivity contribution in [2.45, 2.75) is 39.3 Å². The van der Waals surface area contributed by atoms with E-state index < -0.39 is 14.8 Å². The van der Waals surface area contributed by atoms with Gasteiger partial charge < -0.3 is 24.3 Å². The van der Waals surface area contributed by atoms with E-state index in [1.807, 2.05) is 20.8 Å². The molecule has 0 amide bonds. The highest BCUT2D eigenvalue weighted by Gasteiger charge is 2.54. The highest BCUT2D eigenvalue weighted by atomic mass is 28.4. The highest BCUT2D eigenvalue weighted by molar-refractivity contribution is 6.93. The predicted molar refractivity (Wildman–Crippen MR) is 70.0 cm³/mol. The molecular formula is C11H24N2O4Si. The Morgan fingerprint density at radius 2 is 1.72 bits per heavy atom. The second kappa shape index (κ2) is 7.32. The zero-order chi connectivity index (χ0) is 13.6. The summed E-state index contributed by atoms with van der Waals surface area (Å²) in [5, 5.41) is 2.97. The number of hydrogen-bond acceptors (Lipinski definition) is 6. The van der Waals surface area contributed by atoms with Crippen LogP contribution in [0.5, 0.6) is 0 Å². The number of carbonyl (C=O) groups excluding carboxylic acids is 1. The summed E-state index contributed by atoms with van der Waals surface area (Å²) in [6.07, 6.45) is 0.783. The molecule has 7 heteroatoms. The smallest absolute Gasteiger partial charge is 0.369 e. The summed E-state index contributed by atoms with van der Waals surface area (Å²) in [6, 6.07) is -0.605. The van der Waals surface area contributed by atoms with E-state index in [4.69, 9.17) is 19.0 Å². The van der Waals surface area contributed by atoms with E-state index in [0.29, 0.717) is 19.8 Å². The first-order chi connectivity index (χ1) is 8.61. The average Bonchev–Trinajstić information content (AvgIpc) is 2.75. The molecule has 0 aromatic rings. The Kier molecular flexibility index (Phi) is 6.40. The second-order valence-corrected chi connectivity index (χ2v) is 6.57. The maximum atomic E-state index is 12.6. The fourth-order valence-corrected chi connectivity index (χ4v) is 4.62. The van der Waals surface area contributed by atoms with Crippen molar-refractivity contribution >= 4 is 14.2 Å². The van der Waals surface area contributed by atoms with Crippen LogP contribution in [0, 0.1) is 0 Å². The molecular weight excluding hydrogens is 252 g/mol. The van der Waals surface area contributed by atoms with Crippen LogP contribution in [0.25, 0.3) is 0 Å². The van der Waals surface area contributed by atoms with Crippen molar-refractivity contribution in [1.29, 1.82) is 0 Å². The molecule has 0 aliphatic carbocycles. The van der Waals surface area contributed by atoms with Crippen LogP contribution < -0.4 is 11.1 Å². The fourth-order valence-electron chi connectivity index (χ4n) is 2.11. The van der Waals surface area contributed by atoms with Gasteiger partial charge >= 0.3 is 8.80 Å². The standard InChI is InChI=1S/C11H24N2O4Si/c1-4-15-18(16-5-2,17-6-3)11(14)10-9(12)7-8-13-10/h9-10,13H,4-8,12H2,1-3H3/t9?,10-/m1/s1. The maximum absolute atomic E-state index is 12.6. The maximum Gasteiger partial charge on any atom is 0.576 e. The Balaban J connectivity index is 2.88. The molecule has 0 aromatic carbocycles. The highest BCUT2D eigenvalue weighted by Crippen LogP contribution is 2.18. The van der Waals surface area contributed by atoms with Gasteiger partial charge in [-0.1, -0.05) is 0 Å². The second-order valence-electron chi connectivity index (χ2n) is 4.10. The SMILES string of the molecule is CCO[Si](OCC)(OCC)C(=O)[C@@H]1NCCC1N. The molecule has 0 radical (unpaired) electrons. The Labute approximate surface area is 110 Å². The van der Waals surface area contributed by atoms with E-state index in [0.717, 1.165) is 13.0 Å². The van der Waals surface area contributed by atoms with E-state index in [9.17, 15) is 4.79 Å². The van der Waals surface area contributed by atoms with Gasteiger partial charge in [0, 0.05) is 25.9 Å². The van der Waals surface area contributed by atoms with Gasteiger partial charge in [0.15, 0.2) is 0 Å². The Morgan fingerprint density at radius 3 is 2.06 bits per heavy atom. The van der Waals surface area contributed by atoms with Crippen molar-refractivity contribution in [2.75, 3.05) is 26.4 Å². The van der Waals surface area contributed by atoms with Gasteiger partial charge in [-0.2, -0.15) is 0 Å². The van der Waals surface area contributed by atoms with Gasteiger partial charge in [0.05, 0.1) is 6.04 Å². The molecule has 18 heavy (non-hydrogen) atoms. The molecule has 1 saturated heterocycles. The molecule has 1 heterocycles. The van der Waals surface area contributed by atoms with Crippen molar-refractivity contribution in [3.05, 3.63) is 0 Å². The normalized spacial score (nSPS) is 24.4. The molecule has 3 N–H and O–H groups in total. The first-order valence-corrected chi connectivity index (χ1v) is 8.28. The lowest BCUT2D eigenvalue weighted by Crippen LogP contribution is -2.62. The minimum Gasteiger partial charge on any atom is -0.369 e. The van der Waals surface area contributed by atoms with Crippen LogP contribution in [0.2, 0.25) is 0 Å². The lowest BCUT2D eigenvalue weighted by Gasteiger charge is -2.29. The van der Waals surface area contributed by atoms with Crippen molar-refractivity contribution in [3.63, 3.8) is 0 Å². The predicted octanol–water partition coefficient (Wildman–Crippen LogP) is -0.168. The lowest BCUT2D eigenvalue weighted by molar-refractivity contribution is -0.121. The molecule has 2 atom stereocenters. The molecule has 1 unspecified atom stereocenters. The first kappa shape index (κ1) is 15.7. The summed E-state index contributed by atoms with van der Waals surface area (Å²) in [6.45, 7) is 7.39. The average molecular weight is 276 g/mol. The number of rotatable bonds is 8. The van der Waals surface area contributed by atoms with E-state index in [2.05, 4.69) is 5.32 Å². The van der Waals surface area contributed by atoms with Crippen LogP contribution >= 0.6 is 0 Å². The van der Waals surface area contributed by atoms with Crippen LogP contribution in [-0.4, -0.2) is 52.7 Å². The summed E-state index contributed by atoms with van der Waals surface area (Å²) < 4.78 is 16.7. The molecule has 1 rings (SSSR count). The van der Waals surface area contributed by atoms with Crippen LogP contribution in [0.4, 0.5) is 0 Å². The molecule has 0 bridgehead atoms. The van der Waals surface area contributed by atoms with Gasteiger partial charge in [-0.05, 0) is 33.7 Å².